The van der Waals surface area contributed by atoms with Gasteiger partial charge in [0.2, 0.25) is 0 Å². The maximum Gasteiger partial charge on any atom is 0.0601 e. The lowest BCUT2D eigenvalue weighted by Gasteiger charge is -2.34. The van der Waals surface area contributed by atoms with E-state index in [-0.39, 0.29) is 5.41 Å². The number of fused-ring (bicyclic) bond motifs is 10. The van der Waals surface area contributed by atoms with E-state index in [2.05, 4.69) is 266 Å². The molecule has 0 radical (unpaired) electrons. The Morgan fingerprint density at radius 1 is 0.301 bits per heavy atom. The standard InChI is InChI=1S/C69H46N2S2/c1-69(2)57-22-8-7-20-50(57)51-36-33-46(40-58(51)69)67-53-37-34-48(71-61-25-11-15-29-65(61)73-66-30-16-12-26-62(66)71)42-56(53)68(52-21-6-5-19-49(52)45-32-31-43-17-3-4-18-44(43)39-45)54-38-35-47(41-55(54)67)70-59-23-9-13-27-63(59)72-64-28-14-10-24-60(64)70/h3-42H,1-2H3. The van der Waals surface area contributed by atoms with E-state index in [1.54, 1.807) is 0 Å². The molecule has 344 valence electrons. The molecule has 0 N–H and O–H groups in total. The average Bonchev–Trinajstić information content (AvgIpc) is 3.68. The molecule has 4 heteroatoms. The van der Waals surface area contributed by atoms with Gasteiger partial charge in [0.15, 0.2) is 0 Å². The van der Waals surface area contributed by atoms with Crippen LogP contribution in [0.2, 0.25) is 0 Å². The molecule has 15 rings (SSSR count). The average molecular weight is 967 g/mol. The fourth-order valence-electron chi connectivity index (χ4n) is 12.2. The van der Waals surface area contributed by atoms with Gasteiger partial charge in [0, 0.05) is 36.4 Å². The van der Waals surface area contributed by atoms with Gasteiger partial charge in [0.05, 0.1) is 22.7 Å². The zero-order chi connectivity index (χ0) is 48.4. The third kappa shape index (κ3) is 6.54. The van der Waals surface area contributed by atoms with Gasteiger partial charge in [-0.05, 0) is 173 Å². The van der Waals surface area contributed by atoms with Crippen LogP contribution < -0.4 is 9.80 Å². The highest BCUT2D eigenvalue weighted by Crippen LogP contribution is 2.57. The Morgan fingerprint density at radius 3 is 1.36 bits per heavy atom. The summed E-state index contributed by atoms with van der Waals surface area (Å²) in [6, 6.07) is 91.0. The molecule has 12 aromatic rings. The molecule has 12 aromatic carbocycles. The fourth-order valence-corrected chi connectivity index (χ4v) is 14.3. The summed E-state index contributed by atoms with van der Waals surface area (Å²) in [5.41, 5.74) is 19.5. The molecule has 0 aromatic heterocycles. The summed E-state index contributed by atoms with van der Waals surface area (Å²) in [6.07, 6.45) is 0. The van der Waals surface area contributed by atoms with Gasteiger partial charge >= 0.3 is 0 Å². The van der Waals surface area contributed by atoms with Gasteiger partial charge in [0.25, 0.3) is 0 Å². The predicted octanol–water partition coefficient (Wildman–Crippen LogP) is 20.3. The first kappa shape index (κ1) is 42.4. The van der Waals surface area contributed by atoms with Crippen molar-refractivity contribution in [3.05, 3.63) is 254 Å². The summed E-state index contributed by atoms with van der Waals surface area (Å²) in [4.78, 5) is 9.94. The molecule has 0 saturated carbocycles. The monoisotopic (exact) mass is 966 g/mol. The van der Waals surface area contributed by atoms with Gasteiger partial charge in [-0.15, -0.1) is 0 Å². The lowest BCUT2D eigenvalue weighted by Crippen LogP contribution is -2.15. The zero-order valence-corrected chi connectivity index (χ0v) is 41.9. The Balaban J connectivity index is 1.07. The quantitative estimate of drug-likeness (QED) is 0.159. The van der Waals surface area contributed by atoms with Crippen molar-refractivity contribution in [3.8, 4) is 44.5 Å². The normalized spacial score (nSPS) is 13.8. The SMILES string of the molecule is CC1(C)c2ccccc2-c2ccc(-c3c4cc(N5c6ccccc6Sc6ccccc65)ccc4c(-c4ccccc4-c4ccc5ccccc5c4)c4cc(N5c6ccccc6Sc6ccccc65)ccc34)cc21. The number of rotatable bonds is 5. The van der Waals surface area contributed by atoms with Crippen molar-refractivity contribution in [2.24, 2.45) is 0 Å². The van der Waals surface area contributed by atoms with E-state index >= 15 is 0 Å². The van der Waals surface area contributed by atoms with Crippen molar-refractivity contribution in [1.82, 2.24) is 0 Å². The van der Waals surface area contributed by atoms with Crippen molar-refractivity contribution in [2.75, 3.05) is 9.80 Å². The van der Waals surface area contributed by atoms with E-state index in [1.807, 2.05) is 23.5 Å². The van der Waals surface area contributed by atoms with E-state index in [0.717, 1.165) is 11.4 Å². The lowest BCUT2D eigenvalue weighted by molar-refractivity contribution is 0.660. The van der Waals surface area contributed by atoms with Crippen LogP contribution in [0.1, 0.15) is 25.0 Å². The Morgan fingerprint density at radius 2 is 0.753 bits per heavy atom. The summed E-state index contributed by atoms with van der Waals surface area (Å²) < 4.78 is 0. The Kier molecular flexibility index (Phi) is 9.51. The van der Waals surface area contributed by atoms with Crippen molar-refractivity contribution < 1.29 is 0 Å². The third-order valence-corrected chi connectivity index (χ3v) is 17.9. The minimum absolute atomic E-state index is 0.170. The second-order valence-corrected chi connectivity index (χ2v) is 22.2. The van der Waals surface area contributed by atoms with Crippen LogP contribution >= 0.6 is 23.5 Å². The fraction of sp³-hybridized carbons (Fsp3) is 0.0435. The largest absolute Gasteiger partial charge is 0.308 e. The summed E-state index contributed by atoms with van der Waals surface area (Å²) in [5, 5.41) is 7.32. The molecule has 3 aliphatic rings. The Bertz CT molecular complexity index is 4190. The highest BCUT2D eigenvalue weighted by Gasteiger charge is 2.36. The van der Waals surface area contributed by atoms with E-state index in [9.17, 15) is 0 Å². The molecule has 0 saturated heterocycles. The number of para-hydroxylation sites is 4. The lowest BCUT2D eigenvalue weighted by atomic mass is 9.80. The van der Waals surface area contributed by atoms with Gasteiger partial charge < -0.3 is 9.80 Å². The molecular formula is C69H46N2S2. The minimum atomic E-state index is -0.170. The van der Waals surface area contributed by atoms with Gasteiger partial charge in [0.1, 0.15) is 0 Å². The molecule has 2 nitrogen and oxygen atoms in total. The van der Waals surface area contributed by atoms with Crippen LogP contribution in [0, 0.1) is 0 Å². The predicted molar refractivity (Wildman–Crippen MR) is 310 cm³/mol. The third-order valence-electron chi connectivity index (χ3n) is 15.6. The van der Waals surface area contributed by atoms with Crippen LogP contribution in [0.4, 0.5) is 34.1 Å². The van der Waals surface area contributed by atoms with Gasteiger partial charge in [-0.2, -0.15) is 0 Å². The van der Waals surface area contributed by atoms with Crippen LogP contribution in [-0.4, -0.2) is 0 Å². The van der Waals surface area contributed by atoms with E-state index in [0.29, 0.717) is 0 Å². The first-order valence-corrected chi connectivity index (χ1v) is 26.8. The number of hydrogen-bond acceptors (Lipinski definition) is 4. The van der Waals surface area contributed by atoms with E-state index in [1.165, 1.54) is 130 Å². The molecule has 2 aliphatic heterocycles. The summed E-state index contributed by atoms with van der Waals surface area (Å²) >= 11 is 3.70. The van der Waals surface area contributed by atoms with Crippen LogP contribution in [-0.2, 0) is 5.41 Å². The van der Waals surface area contributed by atoms with Crippen LogP contribution in [0.5, 0.6) is 0 Å². The second-order valence-electron chi connectivity index (χ2n) is 20.0. The zero-order valence-electron chi connectivity index (χ0n) is 40.3. The number of hydrogen-bond donors (Lipinski definition) is 0. The second kappa shape index (κ2) is 16.4. The molecule has 0 amide bonds. The molecule has 0 fully saturated rings. The van der Waals surface area contributed by atoms with E-state index < -0.39 is 0 Å². The van der Waals surface area contributed by atoms with Crippen LogP contribution in [0.25, 0.3) is 76.8 Å². The summed E-state index contributed by atoms with van der Waals surface area (Å²) in [6.45, 7) is 4.79. The number of benzene rings is 12. The maximum atomic E-state index is 2.52. The molecule has 0 unspecified atom stereocenters. The van der Waals surface area contributed by atoms with E-state index in [4.69, 9.17) is 0 Å². The summed E-state index contributed by atoms with van der Waals surface area (Å²) in [5.74, 6) is 0. The molecule has 73 heavy (non-hydrogen) atoms. The minimum Gasteiger partial charge on any atom is -0.308 e. The first-order valence-electron chi connectivity index (χ1n) is 25.2. The molecule has 0 spiro atoms. The van der Waals surface area contributed by atoms with Crippen molar-refractivity contribution >= 4 is 90.0 Å². The number of anilines is 6. The highest BCUT2D eigenvalue weighted by atomic mass is 32.2. The van der Waals surface area contributed by atoms with Crippen molar-refractivity contribution in [2.45, 2.75) is 38.8 Å². The number of nitrogens with zero attached hydrogens (tertiary/aromatic N) is 2. The Hall–Kier alpha value is -8.28. The molecule has 2 heterocycles. The van der Waals surface area contributed by atoms with Crippen LogP contribution in [0.15, 0.2) is 262 Å². The summed E-state index contributed by atoms with van der Waals surface area (Å²) in [7, 11) is 0. The smallest absolute Gasteiger partial charge is 0.0601 e. The van der Waals surface area contributed by atoms with Gasteiger partial charge in [-0.1, -0.05) is 195 Å². The van der Waals surface area contributed by atoms with Crippen LogP contribution in [0.3, 0.4) is 0 Å². The molecular weight excluding hydrogens is 921 g/mol. The highest BCUT2D eigenvalue weighted by molar-refractivity contribution is 8.00. The first-order chi connectivity index (χ1) is 36.0. The van der Waals surface area contributed by atoms with Gasteiger partial charge in [-0.3, -0.25) is 0 Å². The maximum absolute atomic E-state index is 2.52. The Labute approximate surface area is 434 Å². The van der Waals surface area contributed by atoms with Crippen molar-refractivity contribution in [1.29, 1.82) is 0 Å². The molecule has 0 atom stereocenters. The topological polar surface area (TPSA) is 6.48 Å². The molecule has 1 aliphatic carbocycles. The van der Waals surface area contributed by atoms with Gasteiger partial charge in [-0.25, -0.2) is 0 Å². The van der Waals surface area contributed by atoms with Crippen molar-refractivity contribution in [3.63, 3.8) is 0 Å². The molecule has 0 bridgehead atoms.